The average Bonchev–Trinajstić information content (AvgIpc) is 2.70. The van der Waals surface area contributed by atoms with Gasteiger partial charge in [0.25, 0.3) is 0 Å². The van der Waals surface area contributed by atoms with Crippen molar-refractivity contribution in [2.45, 2.75) is 53.2 Å². The molecule has 1 aromatic heterocycles. The molecule has 0 aliphatic rings. The van der Waals surface area contributed by atoms with E-state index in [9.17, 15) is 5.11 Å². The van der Waals surface area contributed by atoms with E-state index in [1.54, 1.807) is 0 Å². The van der Waals surface area contributed by atoms with Gasteiger partial charge in [0, 0.05) is 13.0 Å². The summed E-state index contributed by atoms with van der Waals surface area (Å²) in [5.74, 6) is 0. The van der Waals surface area contributed by atoms with E-state index in [2.05, 4.69) is 37.1 Å². The molecule has 1 unspecified atom stereocenters. The Morgan fingerprint density at radius 2 is 1.95 bits per heavy atom. The van der Waals surface area contributed by atoms with Crippen LogP contribution in [0.3, 0.4) is 0 Å². The SMILES string of the molecule is CCn1nc(C)c(Cl)c1CC(O)Cc1cc(C)ccc1C. The largest absolute Gasteiger partial charge is 0.392 e. The lowest BCUT2D eigenvalue weighted by atomic mass is 9.98. The number of aryl methyl sites for hydroxylation is 4. The molecule has 2 rings (SSSR count). The first-order chi connectivity index (χ1) is 9.92. The zero-order valence-corrected chi connectivity index (χ0v) is 13.9. The molecule has 114 valence electrons. The predicted octanol–water partition coefficient (Wildman–Crippen LogP) is 3.63. The quantitative estimate of drug-likeness (QED) is 0.916. The van der Waals surface area contributed by atoms with Gasteiger partial charge < -0.3 is 5.11 Å². The van der Waals surface area contributed by atoms with Gasteiger partial charge in [-0.3, -0.25) is 4.68 Å². The van der Waals surface area contributed by atoms with Gasteiger partial charge >= 0.3 is 0 Å². The molecule has 0 amide bonds. The monoisotopic (exact) mass is 306 g/mol. The first-order valence-corrected chi connectivity index (χ1v) is 7.76. The van der Waals surface area contributed by atoms with Crippen LogP contribution in [0.15, 0.2) is 18.2 Å². The summed E-state index contributed by atoms with van der Waals surface area (Å²) < 4.78 is 1.88. The zero-order chi connectivity index (χ0) is 15.6. The third-order valence-electron chi connectivity index (χ3n) is 3.84. The van der Waals surface area contributed by atoms with Gasteiger partial charge in [0.1, 0.15) is 0 Å². The third kappa shape index (κ3) is 3.66. The van der Waals surface area contributed by atoms with Crippen LogP contribution in [0.4, 0.5) is 0 Å². The maximum absolute atomic E-state index is 10.4. The fraction of sp³-hybridized carbons (Fsp3) is 0.471. The number of benzene rings is 1. The number of nitrogens with zero attached hydrogens (tertiary/aromatic N) is 2. The van der Waals surface area contributed by atoms with Crippen LogP contribution in [0.25, 0.3) is 0 Å². The fourth-order valence-electron chi connectivity index (χ4n) is 2.63. The number of hydrogen-bond donors (Lipinski definition) is 1. The summed E-state index contributed by atoms with van der Waals surface area (Å²) in [5, 5.41) is 15.5. The fourth-order valence-corrected chi connectivity index (χ4v) is 2.85. The normalized spacial score (nSPS) is 12.7. The molecule has 1 heterocycles. The van der Waals surface area contributed by atoms with Gasteiger partial charge in [0.2, 0.25) is 0 Å². The van der Waals surface area contributed by atoms with Gasteiger partial charge in [-0.05, 0) is 45.2 Å². The van der Waals surface area contributed by atoms with Crippen LogP contribution in [-0.2, 0) is 19.4 Å². The second-order valence-electron chi connectivity index (χ2n) is 5.65. The first kappa shape index (κ1) is 16.1. The van der Waals surface area contributed by atoms with Gasteiger partial charge in [-0.15, -0.1) is 0 Å². The van der Waals surface area contributed by atoms with Crippen molar-refractivity contribution in [3.8, 4) is 0 Å². The predicted molar refractivity (Wildman–Crippen MR) is 87.0 cm³/mol. The van der Waals surface area contributed by atoms with Crippen molar-refractivity contribution in [1.29, 1.82) is 0 Å². The van der Waals surface area contributed by atoms with Gasteiger partial charge in [-0.1, -0.05) is 35.4 Å². The summed E-state index contributed by atoms with van der Waals surface area (Å²) in [6, 6.07) is 6.34. The molecule has 0 aliphatic carbocycles. The van der Waals surface area contributed by atoms with Crippen LogP contribution in [0, 0.1) is 20.8 Å². The molecule has 0 fully saturated rings. The van der Waals surface area contributed by atoms with Crippen LogP contribution in [0.2, 0.25) is 5.02 Å². The molecule has 0 saturated carbocycles. The van der Waals surface area contributed by atoms with E-state index >= 15 is 0 Å². The minimum atomic E-state index is -0.454. The summed E-state index contributed by atoms with van der Waals surface area (Å²) in [6.45, 7) is 8.84. The summed E-state index contributed by atoms with van der Waals surface area (Å²) >= 11 is 6.30. The molecule has 1 N–H and O–H groups in total. The zero-order valence-electron chi connectivity index (χ0n) is 13.2. The van der Waals surface area contributed by atoms with E-state index < -0.39 is 6.10 Å². The molecule has 0 aliphatic heterocycles. The topological polar surface area (TPSA) is 38.0 Å². The van der Waals surface area contributed by atoms with E-state index in [0.717, 1.165) is 17.9 Å². The van der Waals surface area contributed by atoms with Crippen LogP contribution in [-0.4, -0.2) is 21.0 Å². The Bertz CT molecular complexity index is 634. The highest BCUT2D eigenvalue weighted by Gasteiger charge is 2.17. The Labute approximate surface area is 131 Å². The molecular weight excluding hydrogens is 284 g/mol. The van der Waals surface area contributed by atoms with Crippen LogP contribution >= 0.6 is 11.6 Å². The molecule has 1 atom stereocenters. The maximum Gasteiger partial charge on any atom is 0.0848 e. The Morgan fingerprint density at radius 3 is 2.62 bits per heavy atom. The second kappa shape index (κ2) is 6.63. The van der Waals surface area contributed by atoms with Crippen molar-refractivity contribution in [1.82, 2.24) is 9.78 Å². The smallest absolute Gasteiger partial charge is 0.0848 e. The first-order valence-electron chi connectivity index (χ1n) is 7.38. The molecule has 3 nitrogen and oxygen atoms in total. The second-order valence-corrected chi connectivity index (χ2v) is 6.03. The summed E-state index contributed by atoms with van der Waals surface area (Å²) in [4.78, 5) is 0. The number of rotatable bonds is 5. The molecule has 0 bridgehead atoms. The summed E-state index contributed by atoms with van der Waals surface area (Å²) in [5.41, 5.74) is 5.38. The Kier molecular flexibility index (Phi) is 5.07. The van der Waals surface area contributed by atoms with Crippen molar-refractivity contribution in [2.75, 3.05) is 0 Å². The Hall–Kier alpha value is -1.32. The highest BCUT2D eigenvalue weighted by molar-refractivity contribution is 6.31. The molecular formula is C17H23ClN2O. The van der Waals surface area contributed by atoms with E-state index in [1.165, 1.54) is 16.7 Å². The van der Waals surface area contributed by atoms with Gasteiger partial charge in [-0.2, -0.15) is 5.10 Å². The van der Waals surface area contributed by atoms with Crippen LogP contribution < -0.4 is 0 Å². The van der Waals surface area contributed by atoms with Gasteiger partial charge in [0.05, 0.1) is 22.5 Å². The van der Waals surface area contributed by atoms with Gasteiger partial charge in [0.15, 0.2) is 0 Å². The standard InChI is InChI=1S/C17H23ClN2O/c1-5-20-16(17(18)13(4)19-20)10-15(21)9-14-8-11(2)6-7-12(14)3/h6-8,15,21H,5,9-10H2,1-4H3. The van der Waals surface area contributed by atoms with E-state index in [-0.39, 0.29) is 0 Å². The average molecular weight is 307 g/mol. The molecule has 0 saturated heterocycles. The molecule has 4 heteroatoms. The number of aliphatic hydroxyl groups excluding tert-OH is 1. The van der Waals surface area contributed by atoms with Gasteiger partial charge in [-0.25, -0.2) is 0 Å². The number of halogens is 1. The summed E-state index contributed by atoms with van der Waals surface area (Å²) in [7, 11) is 0. The molecule has 0 spiro atoms. The van der Waals surface area contributed by atoms with Crippen LogP contribution in [0.1, 0.15) is 35.0 Å². The molecule has 21 heavy (non-hydrogen) atoms. The highest BCUT2D eigenvalue weighted by atomic mass is 35.5. The number of aromatic nitrogens is 2. The lowest BCUT2D eigenvalue weighted by molar-refractivity contribution is 0.172. The van der Waals surface area contributed by atoms with Crippen LogP contribution in [0.5, 0.6) is 0 Å². The molecule has 2 aromatic rings. The van der Waals surface area contributed by atoms with E-state index in [4.69, 9.17) is 11.6 Å². The Balaban J connectivity index is 2.15. The minimum absolute atomic E-state index is 0.454. The maximum atomic E-state index is 10.4. The third-order valence-corrected chi connectivity index (χ3v) is 4.33. The molecule has 0 radical (unpaired) electrons. The minimum Gasteiger partial charge on any atom is -0.392 e. The van der Waals surface area contributed by atoms with E-state index in [1.807, 2.05) is 18.5 Å². The Morgan fingerprint density at radius 1 is 1.24 bits per heavy atom. The number of aliphatic hydroxyl groups is 1. The lowest BCUT2D eigenvalue weighted by Crippen LogP contribution is -2.17. The number of hydrogen-bond acceptors (Lipinski definition) is 2. The van der Waals surface area contributed by atoms with Crippen molar-refractivity contribution in [2.24, 2.45) is 0 Å². The van der Waals surface area contributed by atoms with Crippen molar-refractivity contribution < 1.29 is 5.11 Å². The highest BCUT2D eigenvalue weighted by Crippen LogP contribution is 2.23. The summed E-state index contributed by atoms with van der Waals surface area (Å²) in [6.07, 6.45) is 0.711. The van der Waals surface area contributed by atoms with E-state index in [0.29, 0.717) is 17.9 Å². The van der Waals surface area contributed by atoms with Crippen molar-refractivity contribution in [3.63, 3.8) is 0 Å². The molecule has 1 aromatic carbocycles. The van der Waals surface area contributed by atoms with Crippen molar-refractivity contribution in [3.05, 3.63) is 51.3 Å². The lowest BCUT2D eigenvalue weighted by Gasteiger charge is -2.14. The van der Waals surface area contributed by atoms with Crippen molar-refractivity contribution >= 4 is 11.6 Å².